The lowest BCUT2D eigenvalue weighted by atomic mass is 10.1. The summed E-state index contributed by atoms with van der Waals surface area (Å²) in [6, 6.07) is 5.85. The van der Waals surface area contributed by atoms with Gasteiger partial charge in [0.2, 0.25) is 0 Å². The lowest BCUT2D eigenvalue weighted by molar-refractivity contribution is 0.171. The smallest absolute Gasteiger partial charge is 0.193 e. The van der Waals surface area contributed by atoms with Crippen LogP contribution >= 0.6 is 0 Å². The molecule has 0 unspecified atom stereocenters. The molecule has 0 radical (unpaired) electrons. The van der Waals surface area contributed by atoms with Gasteiger partial charge in [0.05, 0.1) is 24.7 Å². The van der Waals surface area contributed by atoms with Crippen LogP contribution in [0, 0.1) is 0 Å². The largest absolute Gasteiger partial charge is 0.497 e. The lowest BCUT2D eigenvalue weighted by Gasteiger charge is -2.36. The second-order valence-corrected chi connectivity index (χ2v) is 11.2. The highest BCUT2D eigenvalue weighted by Gasteiger charge is 2.28. The molecule has 0 aromatic heterocycles. The van der Waals surface area contributed by atoms with Crippen LogP contribution in [0.5, 0.6) is 11.5 Å². The molecule has 0 saturated carbocycles. The molecule has 1 aromatic carbocycles. The summed E-state index contributed by atoms with van der Waals surface area (Å²) in [6.07, 6.45) is 0. The van der Waals surface area contributed by atoms with E-state index < -0.39 is 14.6 Å². The first-order valence-corrected chi connectivity index (χ1v) is 11.9. The van der Waals surface area contributed by atoms with E-state index in [1.165, 1.54) is 0 Å². The summed E-state index contributed by atoms with van der Waals surface area (Å²) >= 11 is 0. The second kappa shape index (κ2) is 10.3. The number of aliphatic imine (C=N–C) groups is 1. The van der Waals surface area contributed by atoms with Gasteiger partial charge < -0.3 is 19.7 Å². The topological polar surface area (TPSA) is 83.5 Å². The fourth-order valence-corrected chi connectivity index (χ4v) is 4.28. The number of guanidine groups is 1. The average molecular weight is 441 g/mol. The number of methoxy groups -OCH3 is 2. The molecule has 0 bridgehead atoms. The zero-order valence-electron chi connectivity index (χ0n) is 19.1. The van der Waals surface area contributed by atoms with Crippen LogP contribution in [0.25, 0.3) is 0 Å². The van der Waals surface area contributed by atoms with Gasteiger partial charge in [-0.3, -0.25) is 9.89 Å². The van der Waals surface area contributed by atoms with Crippen LogP contribution in [0.2, 0.25) is 0 Å². The first-order chi connectivity index (χ1) is 14.1. The predicted molar refractivity (Wildman–Crippen MR) is 121 cm³/mol. The predicted octanol–water partition coefficient (Wildman–Crippen LogP) is 1.61. The molecule has 1 aliphatic heterocycles. The van der Waals surface area contributed by atoms with E-state index in [4.69, 9.17) is 9.47 Å². The van der Waals surface area contributed by atoms with E-state index >= 15 is 0 Å². The van der Waals surface area contributed by atoms with E-state index in [0.717, 1.165) is 55.7 Å². The Labute approximate surface area is 181 Å². The first kappa shape index (κ1) is 24.3. The monoisotopic (exact) mass is 440 g/mol. The molecule has 9 heteroatoms. The number of rotatable bonds is 7. The average Bonchev–Trinajstić information content (AvgIpc) is 2.71. The molecule has 1 N–H and O–H groups in total. The van der Waals surface area contributed by atoms with E-state index in [-0.39, 0.29) is 5.75 Å². The van der Waals surface area contributed by atoms with Gasteiger partial charge in [-0.1, -0.05) is 0 Å². The second-order valence-electron chi connectivity index (χ2n) is 8.35. The first-order valence-electron chi connectivity index (χ1n) is 10.2. The van der Waals surface area contributed by atoms with E-state index in [0.29, 0.717) is 6.54 Å². The molecule has 1 saturated heterocycles. The molecule has 0 spiro atoms. The minimum Gasteiger partial charge on any atom is -0.497 e. The van der Waals surface area contributed by atoms with Gasteiger partial charge in [0.15, 0.2) is 15.8 Å². The Kier molecular flexibility index (Phi) is 8.37. The number of hydrogen-bond donors (Lipinski definition) is 1. The minimum absolute atomic E-state index is 0.0884. The van der Waals surface area contributed by atoms with Crippen molar-refractivity contribution in [3.63, 3.8) is 0 Å². The summed E-state index contributed by atoms with van der Waals surface area (Å²) in [5, 5.41) is 3.21. The van der Waals surface area contributed by atoms with E-state index in [1.54, 1.807) is 42.0 Å². The molecule has 0 atom stereocenters. The van der Waals surface area contributed by atoms with Crippen LogP contribution in [0.3, 0.4) is 0 Å². The van der Waals surface area contributed by atoms with Crippen molar-refractivity contribution in [3.05, 3.63) is 23.8 Å². The van der Waals surface area contributed by atoms with Gasteiger partial charge in [-0.05, 0) is 39.0 Å². The molecule has 0 amide bonds. The molecule has 1 heterocycles. The molecule has 2 rings (SSSR count). The Morgan fingerprint density at radius 2 is 1.80 bits per heavy atom. The summed E-state index contributed by atoms with van der Waals surface area (Å²) < 4.78 is 34.7. The normalized spacial score (nSPS) is 16.5. The van der Waals surface area contributed by atoms with Crippen LogP contribution in [0.1, 0.15) is 26.3 Å². The highest BCUT2D eigenvalue weighted by atomic mass is 32.2. The number of ether oxygens (including phenoxy) is 2. The van der Waals surface area contributed by atoms with Crippen LogP contribution in [-0.4, -0.2) is 88.7 Å². The Morgan fingerprint density at radius 3 is 2.33 bits per heavy atom. The molecule has 1 aromatic rings. The Balaban J connectivity index is 1.88. The molecule has 8 nitrogen and oxygen atoms in total. The van der Waals surface area contributed by atoms with Crippen molar-refractivity contribution in [3.8, 4) is 11.5 Å². The zero-order valence-corrected chi connectivity index (χ0v) is 19.9. The quantitative estimate of drug-likeness (QED) is 0.509. The van der Waals surface area contributed by atoms with Crippen molar-refractivity contribution in [2.75, 3.05) is 59.7 Å². The van der Waals surface area contributed by atoms with Crippen molar-refractivity contribution in [1.29, 1.82) is 0 Å². The maximum absolute atomic E-state index is 12.3. The number of benzene rings is 1. The van der Waals surface area contributed by atoms with Gasteiger partial charge in [0.25, 0.3) is 0 Å². The third-order valence-electron chi connectivity index (χ3n) is 5.35. The van der Waals surface area contributed by atoms with Crippen LogP contribution in [0.4, 0.5) is 0 Å². The number of sulfone groups is 1. The van der Waals surface area contributed by atoms with Crippen molar-refractivity contribution >= 4 is 15.8 Å². The third-order valence-corrected chi connectivity index (χ3v) is 7.96. The molecular formula is C21H36N4O4S. The fraction of sp³-hybridized carbons (Fsp3) is 0.667. The number of piperazine rings is 1. The van der Waals surface area contributed by atoms with Crippen LogP contribution in [-0.2, 0) is 16.4 Å². The minimum atomic E-state index is -3.15. The van der Waals surface area contributed by atoms with E-state index in [2.05, 4.69) is 20.1 Å². The van der Waals surface area contributed by atoms with Crippen molar-refractivity contribution in [1.82, 2.24) is 15.1 Å². The number of nitrogens with one attached hydrogen (secondary N) is 1. The summed E-state index contributed by atoms with van der Waals surface area (Å²) in [4.78, 5) is 8.87. The molecule has 30 heavy (non-hydrogen) atoms. The van der Waals surface area contributed by atoms with Gasteiger partial charge in [0.1, 0.15) is 11.5 Å². The molecular weight excluding hydrogens is 404 g/mol. The summed E-state index contributed by atoms with van der Waals surface area (Å²) in [5.74, 6) is 2.51. The maximum Gasteiger partial charge on any atom is 0.193 e. The number of nitrogens with zero attached hydrogens (tertiary/aromatic N) is 3. The van der Waals surface area contributed by atoms with Gasteiger partial charge in [-0.25, -0.2) is 8.42 Å². The van der Waals surface area contributed by atoms with E-state index in [1.807, 2.05) is 18.2 Å². The van der Waals surface area contributed by atoms with Crippen molar-refractivity contribution in [2.24, 2.45) is 4.99 Å². The van der Waals surface area contributed by atoms with Gasteiger partial charge >= 0.3 is 0 Å². The van der Waals surface area contributed by atoms with Crippen molar-refractivity contribution in [2.45, 2.75) is 32.1 Å². The molecule has 0 aliphatic carbocycles. The fourth-order valence-electron chi connectivity index (χ4n) is 3.30. The van der Waals surface area contributed by atoms with Gasteiger partial charge in [0, 0.05) is 51.9 Å². The van der Waals surface area contributed by atoms with Crippen LogP contribution < -0.4 is 14.8 Å². The SMILES string of the molecule is CN=C(NCCS(=O)(=O)C(C)(C)C)N1CCN(Cc2cc(OC)ccc2OC)CC1. The zero-order chi connectivity index (χ0) is 22.4. The van der Waals surface area contributed by atoms with E-state index in [9.17, 15) is 8.42 Å². The highest BCUT2D eigenvalue weighted by molar-refractivity contribution is 7.92. The third kappa shape index (κ3) is 6.25. The van der Waals surface area contributed by atoms with Gasteiger partial charge in [-0.2, -0.15) is 0 Å². The molecule has 1 aliphatic rings. The Hall–Kier alpha value is -2.00. The molecule has 170 valence electrons. The highest BCUT2D eigenvalue weighted by Crippen LogP contribution is 2.25. The summed E-state index contributed by atoms with van der Waals surface area (Å²) in [5.41, 5.74) is 1.10. The lowest BCUT2D eigenvalue weighted by Crippen LogP contribution is -2.52. The van der Waals surface area contributed by atoms with Crippen molar-refractivity contribution < 1.29 is 17.9 Å². The Morgan fingerprint density at radius 1 is 1.13 bits per heavy atom. The van der Waals surface area contributed by atoms with Gasteiger partial charge in [-0.15, -0.1) is 0 Å². The van der Waals surface area contributed by atoms with Crippen LogP contribution in [0.15, 0.2) is 23.2 Å². The summed E-state index contributed by atoms with van der Waals surface area (Å²) in [7, 11) is 1.92. The standard InChI is InChI=1S/C21H36N4O4S/c1-21(2,3)30(26,27)14-9-23-20(22-4)25-12-10-24(11-13-25)16-17-15-18(28-5)7-8-19(17)29-6/h7-8,15H,9-14,16H2,1-6H3,(H,22,23). The maximum atomic E-state index is 12.3. The molecule has 1 fully saturated rings. The summed E-state index contributed by atoms with van der Waals surface area (Å²) in [6.45, 7) is 9.71. The Bertz CT molecular complexity index is 826. The number of hydrogen-bond acceptors (Lipinski definition) is 6.